The normalized spacial score (nSPS) is 14.0. The Morgan fingerprint density at radius 1 is 1.42 bits per heavy atom. The number of carbonyl (C=O) groups excluding carboxylic acids is 1. The molecule has 0 bridgehead atoms. The number of carbonyl (C=O) groups is 1. The van der Waals surface area contributed by atoms with Crippen LogP contribution in [0.2, 0.25) is 0 Å². The first-order chi connectivity index (χ1) is 12.1. The van der Waals surface area contributed by atoms with Gasteiger partial charge in [0.1, 0.15) is 0 Å². The summed E-state index contributed by atoms with van der Waals surface area (Å²) in [6.07, 6.45) is 7.20. The molecule has 0 aromatic heterocycles. The monoisotopic (exact) mass is 470 g/mol. The zero-order valence-electron chi connectivity index (χ0n) is 15.8. The number of halogens is 1. The summed E-state index contributed by atoms with van der Waals surface area (Å²) in [7, 11) is 3.83. The van der Waals surface area contributed by atoms with Crippen LogP contribution in [-0.2, 0) is 11.3 Å². The van der Waals surface area contributed by atoms with Crippen molar-refractivity contribution in [1.29, 1.82) is 0 Å². The van der Waals surface area contributed by atoms with Gasteiger partial charge in [-0.05, 0) is 43.4 Å². The lowest BCUT2D eigenvalue weighted by molar-refractivity contribution is -0.122. The maximum absolute atomic E-state index is 12.1. The molecule has 0 atom stereocenters. The maximum atomic E-state index is 12.1. The van der Waals surface area contributed by atoms with Gasteiger partial charge in [0, 0.05) is 38.8 Å². The van der Waals surface area contributed by atoms with E-state index in [1.54, 1.807) is 7.05 Å². The van der Waals surface area contributed by atoms with Crippen molar-refractivity contribution >= 4 is 41.5 Å². The fraction of sp³-hybridized carbons (Fsp3) is 0.500. The number of hydrogen-bond acceptors (Lipinski definition) is 2. The number of allylic oxidation sites excluding steroid dienone is 1. The van der Waals surface area contributed by atoms with E-state index >= 15 is 0 Å². The highest BCUT2D eigenvalue weighted by Gasteiger charge is 2.25. The van der Waals surface area contributed by atoms with Gasteiger partial charge in [0.15, 0.2) is 5.96 Å². The van der Waals surface area contributed by atoms with Crippen molar-refractivity contribution in [3.8, 4) is 0 Å². The zero-order chi connectivity index (χ0) is 18.1. The molecule has 0 radical (unpaired) electrons. The van der Waals surface area contributed by atoms with Crippen molar-refractivity contribution in [2.24, 2.45) is 10.9 Å². The van der Waals surface area contributed by atoms with E-state index in [0.29, 0.717) is 6.54 Å². The summed E-state index contributed by atoms with van der Waals surface area (Å²) in [5, 5.41) is 6.40. The molecule has 26 heavy (non-hydrogen) atoms. The first kappa shape index (κ1) is 22.5. The van der Waals surface area contributed by atoms with Gasteiger partial charge in [-0.1, -0.05) is 24.6 Å². The molecule has 144 valence electrons. The third kappa shape index (κ3) is 6.97. The van der Waals surface area contributed by atoms with Crippen LogP contribution in [-0.4, -0.2) is 37.4 Å². The summed E-state index contributed by atoms with van der Waals surface area (Å²) in [5.41, 5.74) is 1.98. The number of anilines is 1. The average Bonchev–Trinajstić information content (AvgIpc) is 2.54. The minimum Gasteiger partial charge on any atom is -0.352 e. The summed E-state index contributed by atoms with van der Waals surface area (Å²) in [5.74, 6) is 1.21. The molecule has 1 amide bonds. The highest BCUT2D eigenvalue weighted by atomic mass is 127. The van der Waals surface area contributed by atoms with Crippen molar-refractivity contribution in [3.63, 3.8) is 0 Å². The molecule has 1 aliphatic carbocycles. The van der Waals surface area contributed by atoms with E-state index in [2.05, 4.69) is 33.2 Å². The molecular weight excluding hydrogens is 439 g/mol. The van der Waals surface area contributed by atoms with Crippen LogP contribution in [0.15, 0.2) is 41.9 Å². The summed E-state index contributed by atoms with van der Waals surface area (Å²) < 4.78 is 0. The number of nitrogens with one attached hydrogen (secondary N) is 2. The maximum Gasteiger partial charge on any atom is 0.227 e. The third-order valence-electron chi connectivity index (χ3n) is 4.60. The fourth-order valence-electron chi connectivity index (χ4n) is 2.82. The summed E-state index contributed by atoms with van der Waals surface area (Å²) >= 11 is 0. The number of aliphatic imine (C=N–C) groups is 1. The third-order valence-corrected chi connectivity index (χ3v) is 4.60. The van der Waals surface area contributed by atoms with Gasteiger partial charge in [-0.25, -0.2) is 0 Å². The van der Waals surface area contributed by atoms with Crippen LogP contribution in [0.3, 0.4) is 0 Å². The molecule has 0 unspecified atom stereocenters. The second-order valence-corrected chi connectivity index (χ2v) is 6.57. The lowest BCUT2D eigenvalue weighted by Gasteiger charge is -2.24. The van der Waals surface area contributed by atoms with E-state index in [0.717, 1.165) is 49.4 Å². The predicted molar refractivity (Wildman–Crippen MR) is 120 cm³/mol. The quantitative estimate of drug-likeness (QED) is 0.199. The van der Waals surface area contributed by atoms with Crippen molar-refractivity contribution < 1.29 is 4.79 Å². The summed E-state index contributed by atoms with van der Waals surface area (Å²) in [6.45, 7) is 5.36. The number of amides is 1. The first-order valence-corrected chi connectivity index (χ1v) is 9.06. The molecule has 0 saturated heterocycles. The van der Waals surface area contributed by atoms with E-state index in [1.165, 1.54) is 6.42 Å². The van der Waals surface area contributed by atoms with E-state index in [9.17, 15) is 4.79 Å². The van der Waals surface area contributed by atoms with Crippen LogP contribution in [0.4, 0.5) is 5.69 Å². The molecule has 1 saturated carbocycles. The highest BCUT2D eigenvalue weighted by molar-refractivity contribution is 14.0. The van der Waals surface area contributed by atoms with Gasteiger partial charge in [-0.2, -0.15) is 0 Å². The standard InChI is InChI=1S/C20H30N4O.HI/c1-4-5-6-13-24(3)20(21-2)22-15-16-9-7-12-18(14-16)23-19(25)17-10-8-11-17;/h4,7,9,12,14,17H,1,5-6,8,10-11,13,15H2,2-3H3,(H,21,22)(H,23,25);1H. The number of benzene rings is 1. The Bertz CT molecular complexity index is 614. The molecular formula is C20H31IN4O. The molecule has 1 fully saturated rings. The smallest absolute Gasteiger partial charge is 0.227 e. The van der Waals surface area contributed by atoms with Crippen molar-refractivity contribution in [3.05, 3.63) is 42.5 Å². The molecule has 2 N–H and O–H groups in total. The number of guanidine groups is 1. The SMILES string of the molecule is C=CCCCN(C)C(=NC)NCc1cccc(NC(=O)C2CCC2)c1.I. The van der Waals surface area contributed by atoms with Gasteiger partial charge in [-0.15, -0.1) is 30.6 Å². The second kappa shape index (κ2) is 11.9. The second-order valence-electron chi connectivity index (χ2n) is 6.57. The van der Waals surface area contributed by atoms with E-state index in [4.69, 9.17) is 0 Å². The van der Waals surface area contributed by atoms with Crippen LogP contribution >= 0.6 is 24.0 Å². The number of nitrogens with zero attached hydrogens (tertiary/aromatic N) is 2. The fourth-order valence-corrected chi connectivity index (χ4v) is 2.82. The Kier molecular flexibility index (Phi) is 10.3. The lowest BCUT2D eigenvalue weighted by Crippen LogP contribution is -2.39. The van der Waals surface area contributed by atoms with Gasteiger partial charge >= 0.3 is 0 Å². The predicted octanol–water partition coefficient (Wildman–Crippen LogP) is 4.02. The Balaban J connectivity index is 0.00000338. The summed E-state index contributed by atoms with van der Waals surface area (Å²) in [4.78, 5) is 18.5. The summed E-state index contributed by atoms with van der Waals surface area (Å²) in [6, 6.07) is 7.99. The van der Waals surface area contributed by atoms with Gasteiger partial charge in [0.2, 0.25) is 5.91 Å². The van der Waals surface area contributed by atoms with E-state index in [-0.39, 0.29) is 35.8 Å². The molecule has 1 aromatic carbocycles. The van der Waals surface area contributed by atoms with Crippen LogP contribution in [0.1, 0.15) is 37.7 Å². The van der Waals surface area contributed by atoms with Crippen molar-refractivity contribution in [1.82, 2.24) is 10.2 Å². The Hall–Kier alpha value is -1.57. The molecule has 0 spiro atoms. The minimum atomic E-state index is 0. The molecule has 0 aliphatic heterocycles. The van der Waals surface area contributed by atoms with Gasteiger partial charge in [0.25, 0.3) is 0 Å². The van der Waals surface area contributed by atoms with Crippen LogP contribution in [0.25, 0.3) is 0 Å². The highest BCUT2D eigenvalue weighted by Crippen LogP contribution is 2.27. The molecule has 1 aromatic rings. The van der Waals surface area contributed by atoms with E-state index in [1.807, 2.05) is 31.3 Å². The Morgan fingerprint density at radius 3 is 2.81 bits per heavy atom. The molecule has 1 aliphatic rings. The first-order valence-electron chi connectivity index (χ1n) is 9.06. The number of hydrogen-bond donors (Lipinski definition) is 2. The minimum absolute atomic E-state index is 0. The Morgan fingerprint density at radius 2 is 2.19 bits per heavy atom. The molecule has 0 heterocycles. The van der Waals surface area contributed by atoms with Crippen LogP contribution < -0.4 is 10.6 Å². The number of rotatable bonds is 8. The molecule has 6 heteroatoms. The van der Waals surface area contributed by atoms with E-state index < -0.39 is 0 Å². The average molecular weight is 470 g/mol. The van der Waals surface area contributed by atoms with Crippen molar-refractivity contribution in [2.45, 2.75) is 38.6 Å². The van der Waals surface area contributed by atoms with Crippen molar-refractivity contribution in [2.75, 3.05) is 26.0 Å². The lowest BCUT2D eigenvalue weighted by atomic mass is 9.85. The topological polar surface area (TPSA) is 56.7 Å². The largest absolute Gasteiger partial charge is 0.352 e. The van der Waals surface area contributed by atoms with Crippen LogP contribution in [0, 0.1) is 5.92 Å². The molecule has 5 nitrogen and oxygen atoms in total. The zero-order valence-corrected chi connectivity index (χ0v) is 18.2. The van der Waals surface area contributed by atoms with Gasteiger partial charge < -0.3 is 15.5 Å². The van der Waals surface area contributed by atoms with Gasteiger partial charge in [0.05, 0.1) is 0 Å². The number of unbranched alkanes of at least 4 members (excludes halogenated alkanes) is 1. The van der Waals surface area contributed by atoms with Gasteiger partial charge in [-0.3, -0.25) is 9.79 Å². The Labute approximate surface area is 174 Å². The van der Waals surface area contributed by atoms with Crippen LogP contribution in [0.5, 0.6) is 0 Å². The molecule has 2 rings (SSSR count).